The number of unbranched alkanes of at least 4 members (excludes halogenated alkanes) is 1. The molecule has 0 aliphatic rings. The van der Waals surface area contributed by atoms with Crippen LogP contribution in [0.4, 0.5) is 0 Å². The average Bonchev–Trinajstić information content (AvgIpc) is 3.46. The second kappa shape index (κ2) is 11.7. The van der Waals surface area contributed by atoms with Gasteiger partial charge in [-0.25, -0.2) is 9.78 Å². The molecule has 0 aliphatic carbocycles. The molecule has 0 amide bonds. The Kier molecular flexibility index (Phi) is 8.18. The van der Waals surface area contributed by atoms with Gasteiger partial charge in [-0.3, -0.25) is 5.10 Å². The van der Waals surface area contributed by atoms with Crippen molar-refractivity contribution in [2.75, 3.05) is 6.61 Å². The van der Waals surface area contributed by atoms with E-state index in [-0.39, 0.29) is 0 Å². The van der Waals surface area contributed by atoms with Gasteiger partial charge in [-0.05, 0) is 80.8 Å². The summed E-state index contributed by atoms with van der Waals surface area (Å²) in [5.41, 5.74) is 10.2. The molecule has 0 aliphatic heterocycles. The lowest BCUT2D eigenvalue weighted by molar-refractivity contribution is -0.301. The van der Waals surface area contributed by atoms with E-state index in [1.165, 1.54) is 32.8 Å². The van der Waals surface area contributed by atoms with Gasteiger partial charge >= 0.3 is 0 Å². The van der Waals surface area contributed by atoms with Crippen molar-refractivity contribution in [3.63, 3.8) is 0 Å². The molecule has 0 unspecified atom stereocenters. The fraction of sp³-hybridized carbons (Fsp3) is 0.344. The first-order valence-electron chi connectivity index (χ1n) is 13.6. The molecule has 2 N–H and O–H groups in total. The van der Waals surface area contributed by atoms with Gasteiger partial charge in [0, 0.05) is 27.9 Å². The minimum atomic E-state index is 0.364. The molecule has 2 heterocycles. The van der Waals surface area contributed by atoms with Crippen molar-refractivity contribution < 1.29 is 9.78 Å². The zero-order chi connectivity index (χ0) is 26.6. The number of nitrogens with zero attached hydrogens (tertiary/aromatic N) is 1. The highest BCUT2D eigenvalue weighted by atomic mass is 35.5. The van der Waals surface area contributed by atoms with E-state index >= 15 is 0 Å². The van der Waals surface area contributed by atoms with Crippen LogP contribution in [0.2, 0.25) is 5.02 Å². The lowest BCUT2D eigenvalue weighted by Gasteiger charge is -2.09. The Balaban J connectivity index is 1.44. The number of aryl methyl sites for hydroxylation is 5. The van der Waals surface area contributed by atoms with Gasteiger partial charge in [0.2, 0.25) is 0 Å². The highest BCUT2D eigenvalue weighted by Crippen LogP contribution is 2.40. The smallest absolute Gasteiger partial charge is 0.122 e. The summed E-state index contributed by atoms with van der Waals surface area (Å²) in [6.45, 7) is 9.11. The van der Waals surface area contributed by atoms with Crippen LogP contribution in [0.3, 0.4) is 0 Å². The number of fused-ring (bicyclic) bond motifs is 2. The molecule has 198 valence electrons. The quantitative estimate of drug-likeness (QED) is 0.102. The Hall–Kier alpha value is -3.12. The van der Waals surface area contributed by atoms with Crippen molar-refractivity contribution in [2.24, 2.45) is 0 Å². The molecular weight excluding hydrogens is 494 g/mol. The Morgan fingerprint density at radius 2 is 1.71 bits per heavy atom. The molecule has 5 aromatic rings. The Bertz CT molecular complexity index is 1570. The molecule has 0 fully saturated rings. The first-order valence-corrected chi connectivity index (χ1v) is 14.0. The molecular formula is C32H36ClN3O2. The van der Waals surface area contributed by atoms with Gasteiger partial charge in [0.1, 0.15) is 6.61 Å². The van der Waals surface area contributed by atoms with E-state index in [2.05, 4.69) is 71.5 Å². The number of halogens is 1. The van der Waals surface area contributed by atoms with Gasteiger partial charge in [0.15, 0.2) is 0 Å². The van der Waals surface area contributed by atoms with Crippen LogP contribution in [0.1, 0.15) is 60.5 Å². The summed E-state index contributed by atoms with van der Waals surface area (Å²) in [6.07, 6.45) is 5.00. The minimum absolute atomic E-state index is 0.364. The van der Waals surface area contributed by atoms with Crippen molar-refractivity contribution in [3.8, 4) is 11.1 Å². The summed E-state index contributed by atoms with van der Waals surface area (Å²) >= 11 is 6.82. The third-order valence-corrected chi connectivity index (χ3v) is 7.70. The maximum atomic E-state index is 6.82. The van der Waals surface area contributed by atoms with Crippen LogP contribution >= 0.6 is 11.6 Å². The van der Waals surface area contributed by atoms with Crippen LogP contribution in [0.5, 0.6) is 0 Å². The monoisotopic (exact) mass is 529 g/mol. The standard InChI is InChI=1S/C32H36ClN3O2/c1-5-28-30(21(4)35-36-28)31-27(33)17-16-26-25(29(34-32(26)31)19-38-37-6-2)13-8-7-10-22-11-9-12-23-18-20(3)14-15-24(22)23/h9,11-12,14-18,34H,5-8,10,13,19H2,1-4H3,(H,35,36). The van der Waals surface area contributed by atoms with E-state index in [4.69, 9.17) is 21.4 Å². The minimum Gasteiger partial charge on any atom is -0.356 e. The Labute approximate surface area is 229 Å². The van der Waals surface area contributed by atoms with E-state index in [9.17, 15) is 0 Å². The fourth-order valence-corrected chi connectivity index (χ4v) is 5.81. The summed E-state index contributed by atoms with van der Waals surface area (Å²) in [6, 6.07) is 17.5. The third kappa shape index (κ3) is 5.24. The van der Waals surface area contributed by atoms with Crippen molar-refractivity contribution >= 4 is 33.3 Å². The molecule has 3 aromatic carbocycles. The lowest BCUT2D eigenvalue weighted by atomic mass is 9.96. The van der Waals surface area contributed by atoms with Gasteiger partial charge < -0.3 is 4.98 Å². The molecule has 0 radical (unpaired) electrons. The van der Waals surface area contributed by atoms with Gasteiger partial charge in [-0.1, -0.05) is 66.6 Å². The largest absolute Gasteiger partial charge is 0.356 e. The SMILES string of the molecule is CCOOCc1[nH]c2c(-c3c(CC)n[nH]c3C)c(Cl)ccc2c1CCCCc1cccc2cc(C)ccc12. The third-order valence-electron chi connectivity index (χ3n) is 7.38. The zero-order valence-corrected chi connectivity index (χ0v) is 23.5. The summed E-state index contributed by atoms with van der Waals surface area (Å²) < 4.78 is 0. The van der Waals surface area contributed by atoms with Crippen LogP contribution in [-0.4, -0.2) is 21.8 Å². The molecule has 0 saturated heterocycles. The normalized spacial score (nSPS) is 11.7. The molecule has 38 heavy (non-hydrogen) atoms. The van der Waals surface area contributed by atoms with Crippen LogP contribution in [0.25, 0.3) is 32.8 Å². The molecule has 5 nitrogen and oxygen atoms in total. The molecule has 0 spiro atoms. The maximum Gasteiger partial charge on any atom is 0.122 e. The van der Waals surface area contributed by atoms with Crippen LogP contribution < -0.4 is 0 Å². The number of aromatic nitrogens is 3. The number of benzene rings is 3. The molecule has 2 aromatic heterocycles. The number of hydrogen-bond donors (Lipinski definition) is 2. The predicted molar refractivity (Wildman–Crippen MR) is 157 cm³/mol. The molecule has 5 rings (SSSR count). The molecule has 0 saturated carbocycles. The maximum absolute atomic E-state index is 6.82. The number of rotatable bonds is 11. The van der Waals surface area contributed by atoms with Crippen molar-refractivity contribution in [3.05, 3.63) is 87.3 Å². The van der Waals surface area contributed by atoms with Crippen LogP contribution in [-0.2, 0) is 35.6 Å². The average molecular weight is 530 g/mol. The van der Waals surface area contributed by atoms with Gasteiger partial charge in [0.25, 0.3) is 0 Å². The van der Waals surface area contributed by atoms with E-state index in [0.717, 1.165) is 65.8 Å². The topological polar surface area (TPSA) is 62.9 Å². The first kappa shape index (κ1) is 26.5. The second-order valence-corrected chi connectivity index (χ2v) is 10.4. The number of hydrogen-bond acceptors (Lipinski definition) is 3. The van der Waals surface area contributed by atoms with Gasteiger partial charge in [0.05, 0.1) is 22.8 Å². The summed E-state index contributed by atoms with van der Waals surface area (Å²) in [4.78, 5) is 14.4. The first-order chi connectivity index (χ1) is 18.5. The van der Waals surface area contributed by atoms with Gasteiger partial charge in [-0.15, -0.1) is 0 Å². The number of aromatic amines is 2. The number of H-pyrrole nitrogens is 2. The van der Waals surface area contributed by atoms with Crippen molar-refractivity contribution in [1.29, 1.82) is 0 Å². The van der Waals surface area contributed by atoms with E-state index in [1.54, 1.807) is 0 Å². The zero-order valence-electron chi connectivity index (χ0n) is 22.7. The highest BCUT2D eigenvalue weighted by Gasteiger charge is 2.21. The summed E-state index contributed by atoms with van der Waals surface area (Å²) in [5, 5.41) is 12.2. The second-order valence-electron chi connectivity index (χ2n) is 9.97. The van der Waals surface area contributed by atoms with Gasteiger partial charge in [-0.2, -0.15) is 5.10 Å². The summed E-state index contributed by atoms with van der Waals surface area (Å²) in [7, 11) is 0. The van der Waals surface area contributed by atoms with Crippen LogP contribution in [0.15, 0.2) is 48.5 Å². The molecule has 0 atom stereocenters. The number of nitrogens with one attached hydrogen (secondary N) is 2. The Morgan fingerprint density at radius 1 is 0.895 bits per heavy atom. The molecule has 0 bridgehead atoms. The van der Waals surface area contributed by atoms with Crippen molar-refractivity contribution in [1.82, 2.24) is 15.2 Å². The van der Waals surface area contributed by atoms with Crippen LogP contribution in [0, 0.1) is 13.8 Å². The van der Waals surface area contributed by atoms with E-state index < -0.39 is 0 Å². The molecule has 6 heteroatoms. The summed E-state index contributed by atoms with van der Waals surface area (Å²) in [5.74, 6) is 0. The van der Waals surface area contributed by atoms with Crippen molar-refractivity contribution in [2.45, 2.75) is 66.4 Å². The predicted octanol–water partition coefficient (Wildman–Crippen LogP) is 8.58. The van der Waals surface area contributed by atoms with E-state index in [1.807, 2.05) is 19.9 Å². The fourth-order valence-electron chi connectivity index (χ4n) is 5.56. The Morgan fingerprint density at radius 3 is 2.53 bits per heavy atom. The highest BCUT2D eigenvalue weighted by molar-refractivity contribution is 6.35. The lowest BCUT2D eigenvalue weighted by Crippen LogP contribution is -1.99. The van der Waals surface area contributed by atoms with E-state index in [0.29, 0.717) is 18.2 Å².